The molecule has 0 aliphatic rings. The maximum atomic E-state index is 12.7. The Morgan fingerprint density at radius 2 is 1.79 bits per heavy atom. The summed E-state index contributed by atoms with van der Waals surface area (Å²) >= 11 is 0. The monoisotopic (exact) mass is 406 g/mol. The lowest BCUT2D eigenvalue weighted by Gasteiger charge is -2.34. The number of likely N-dealkylation sites (N-methyl/N-ethyl adjacent to an activating group) is 1. The summed E-state index contributed by atoms with van der Waals surface area (Å²) in [5.41, 5.74) is -1.54. The van der Waals surface area contributed by atoms with E-state index in [2.05, 4.69) is 9.97 Å². The number of alkyl halides is 3. The summed E-state index contributed by atoms with van der Waals surface area (Å²) < 4.78 is 48.7. The van der Waals surface area contributed by atoms with Crippen molar-refractivity contribution >= 4 is 12.0 Å². The van der Waals surface area contributed by atoms with Crippen LogP contribution in [0.5, 0.6) is 0 Å². The van der Waals surface area contributed by atoms with Gasteiger partial charge in [-0.3, -0.25) is 0 Å². The van der Waals surface area contributed by atoms with Crippen molar-refractivity contribution < 1.29 is 27.4 Å². The highest BCUT2D eigenvalue weighted by Gasteiger charge is 2.32. The quantitative estimate of drug-likeness (QED) is 0.657. The first-order chi connectivity index (χ1) is 12.9. The van der Waals surface area contributed by atoms with Crippen LogP contribution in [0.25, 0.3) is 0 Å². The van der Waals surface area contributed by atoms with Crippen LogP contribution in [-0.4, -0.2) is 66.5 Å². The van der Waals surface area contributed by atoms with E-state index in [1.165, 1.54) is 12.0 Å². The molecule has 0 aliphatic heterocycles. The van der Waals surface area contributed by atoms with Gasteiger partial charge in [-0.05, 0) is 27.2 Å². The van der Waals surface area contributed by atoms with Gasteiger partial charge >= 0.3 is 12.3 Å². The van der Waals surface area contributed by atoms with Gasteiger partial charge in [0, 0.05) is 39.6 Å². The summed E-state index contributed by atoms with van der Waals surface area (Å²) in [6, 6.07) is -0.252. The Balaban J connectivity index is 2.98. The third kappa shape index (κ3) is 7.49. The molecule has 0 N–H and O–H groups in total. The molecule has 1 amide bonds. The lowest BCUT2D eigenvalue weighted by atomic mass is 10.2. The van der Waals surface area contributed by atoms with Gasteiger partial charge in [0.25, 0.3) is 0 Å². The SMILES string of the molecule is CC[C@@H](CN(CCOC)c1ncc(C(F)(F)F)cn1)N(C)C(=O)OC(C)(C)C. The van der Waals surface area contributed by atoms with Crippen molar-refractivity contribution in [3.63, 3.8) is 0 Å². The maximum absolute atomic E-state index is 12.7. The molecule has 0 fully saturated rings. The van der Waals surface area contributed by atoms with Crippen LogP contribution >= 0.6 is 0 Å². The molecule has 0 aromatic carbocycles. The van der Waals surface area contributed by atoms with Crippen LogP contribution in [0.3, 0.4) is 0 Å². The molecule has 0 radical (unpaired) electrons. The zero-order chi connectivity index (χ0) is 21.5. The minimum Gasteiger partial charge on any atom is -0.444 e. The first kappa shape index (κ1) is 23.9. The number of hydrogen-bond acceptors (Lipinski definition) is 6. The summed E-state index contributed by atoms with van der Waals surface area (Å²) in [5.74, 6) is 0.140. The van der Waals surface area contributed by atoms with Gasteiger partial charge in [0.1, 0.15) is 5.60 Å². The second-order valence-electron chi connectivity index (χ2n) is 7.36. The molecular formula is C18H29F3N4O3. The van der Waals surface area contributed by atoms with Crippen LogP contribution < -0.4 is 4.90 Å². The van der Waals surface area contributed by atoms with Crippen molar-refractivity contribution in [1.29, 1.82) is 0 Å². The minimum absolute atomic E-state index is 0.140. The minimum atomic E-state index is -4.50. The molecule has 1 aromatic heterocycles. The summed E-state index contributed by atoms with van der Waals surface area (Å²) in [4.78, 5) is 23.2. The summed E-state index contributed by atoms with van der Waals surface area (Å²) in [7, 11) is 3.15. The molecule has 1 atom stereocenters. The fourth-order valence-electron chi connectivity index (χ4n) is 2.37. The normalized spacial score (nSPS) is 13.2. The number of carbonyl (C=O) groups excluding carboxylic acids is 1. The Hall–Kier alpha value is -2.10. The Labute approximate surface area is 163 Å². The molecule has 0 unspecified atom stereocenters. The highest BCUT2D eigenvalue weighted by Crippen LogP contribution is 2.28. The van der Waals surface area contributed by atoms with Crippen LogP contribution in [-0.2, 0) is 15.7 Å². The van der Waals surface area contributed by atoms with Crippen molar-refractivity contribution in [2.75, 3.05) is 38.8 Å². The smallest absolute Gasteiger partial charge is 0.419 e. The van der Waals surface area contributed by atoms with Crippen molar-refractivity contribution in [3.05, 3.63) is 18.0 Å². The van der Waals surface area contributed by atoms with Crippen LogP contribution in [0.1, 0.15) is 39.7 Å². The molecule has 0 bridgehead atoms. The first-order valence-corrected chi connectivity index (χ1v) is 8.98. The number of aromatic nitrogens is 2. The Kier molecular flexibility index (Phi) is 8.47. The van der Waals surface area contributed by atoms with Gasteiger partial charge in [-0.15, -0.1) is 0 Å². The molecule has 0 aliphatic carbocycles. The topological polar surface area (TPSA) is 67.8 Å². The molecule has 1 aromatic rings. The number of anilines is 1. The molecule has 1 rings (SSSR count). The van der Waals surface area contributed by atoms with Gasteiger partial charge in [-0.1, -0.05) is 6.92 Å². The van der Waals surface area contributed by atoms with Crippen LogP contribution in [0.4, 0.5) is 23.9 Å². The van der Waals surface area contributed by atoms with Crippen LogP contribution in [0.2, 0.25) is 0 Å². The van der Waals surface area contributed by atoms with E-state index in [-0.39, 0.29) is 12.0 Å². The van der Waals surface area contributed by atoms with Gasteiger partial charge in [-0.25, -0.2) is 14.8 Å². The fourth-order valence-corrected chi connectivity index (χ4v) is 2.37. The Bertz CT molecular complexity index is 618. The van der Waals surface area contributed by atoms with Crippen LogP contribution in [0.15, 0.2) is 12.4 Å². The molecule has 0 spiro atoms. The van der Waals surface area contributed by atoms with Crippen molar-refractivity contribution in [1.82, 2.24) is 14.9 Å². The molecule has 0 saturated heterocycles. The average Bonchev–Trinajstić information content (AvgIpc) is 2.59. The summed E-state index contributed by atoms with van der Waals surface area (Å²) in [6.45, 7) is 8.26. The summed E-state index contributed by atoms with van der Waals surface area (Å²) in [5, 5.41) is 0. The summed E-state index contributed by atoms with van der Waals surface area (Å²) in [6.07, 6.45) is -2.86. The molecule has 1 heterocycles. The number of rotatable bonds is 8. The molecule has 7 nitrogen and oxygen atoms in total. The lowest BCUT2D eigenvalue weighted by molar-refractivity contribution is -0.138. The van der Waals surface area contributed by atoms with E-state index in [1.54, 1.807) is 32.7 Å². The largest absolute Gasteiger partial charge is 0.444 e. The third-order valence-corrected chi connectivity index (χ3v) is 3.95. The number of methoxy groups -OCH3 is 1. The van der Waals surface area contributed by atoms with Crippen molar-refractivity contribution in [3.8, 4) is 0 Å². The number of halogens is 3. The standard InChI is InChI=1S/C18H29F3N4O3/c1-7-14(24(5)16(26)28-17(2,3)4)12-25(8-9-27-6)15-22-10-13(11-23-15)18(19,20)21/h10-11,14H,7-9,12H2,1-6H3/t14-/m0/s1. The van der Waals surface area contributed by atoms with E-state index in [0.717, 1.165) is 12.4 Å². The van der Waals surface area contributed by atoms with E-state index in [1.807, 2.05) is 6.92 Å². The highest BCUT2D eigenvalue weighted by molar-refractivity contribution is 5.68. The second-order valence-corrected chi connectivity index (χ2v) is 7.36. The van der Waals surface area contributed by atoms with Gasteiger partial charge in [0.2, 0.25) is 5.95 Å². The van der Waals surface area contributed by atoms with Gasteiger partial charge in [0.15, 0.2) is 0 Å². The average molecular weight is 406 g/mol. The molecule has 28 heavy (non-hydrogen) atoms. The molecular weight excluding hydrogens is 377 g/mol. The van der Waals surface area contributed by atoms with E-state index in [9.17, 15) is 18.0 Å². The third-order valence-electron chi connectivity index (χ3n) is 3.95. The van der Waals surface area contributed by atoms with E-state index < -0.39 is 23.4 Å². The molecule has 160 valence electrons. The predicted molar refractivity (Wildman–Crippen MR) is 99.2 cm³/mol. The fraction of sp³-hybridized carbons (Fsp3) is 0.722. The van der Waals surface area contributed by atoms with E-state index in [0.29, 0.717) is 26.1 Å². The second kappa shape index (κ2) is 9.90. The Morgan fingerprint density at radius 1 is 1.21 bits per heavy atom. The number of ether oxygens (including phenoxy) is 2. The lowest BCUT2D eigenvalue weighted by Crippen LogP contribution is -2.47. The molecule has 10 heteroatoms. The van der Waals surface area contributed by atoms with E-state index >= 15 is 0 Å². The van der Waals surface area contributed by atoms with Crippen molar-refractivity contribution in [2.24, 2.45) is 0 Å². The molecule has 0 saturated carbocycles. The zero-order valence-electron chi connectivity index (χ0n) is 17.2. The van der Waals surface area contributed by atoms with E-state index in [4.69, 9.17) is 9.47 Å². The Morgan fingerprint density at radius 3 is 2.21 bits per heavy atom. The predicted octanol–water partition coefficient (Wildman–Crippen LogP) is 3.59. The van der Waals surface area contributed by atoms with Gasteiger partial charge in [-0.2, -0.15) is 13.2 Å². The first-order valence-electron chi connectivity index (χ1n) is 8.98. The maximum Gasteiger partial charge on any atom is 0.419 e. The van der Waals surface area contributed by atoms with Crippen LogP contribution in [0, 0.1) is 0 Å². The highest BCUT2D eigenvalue weighted by atomic mass is 19.4. The zero-order valence-corrected chi connectivity index (χ0v) is 17.2. The van der Waals surface area contributed by atoms with Gasteiger partial charge < -0.3 is 19.3 Å². The van der Waals surface area contributed by atoms with Gasteiger partial charge in [0.05, 0.1) is 18.2 Å². The number of amides is 1. The number of nitrogens with zero attached hydrogens (tertiary/aromatic N) is 4. The number of hydrogen-bond donors (Lipinski definition) is 0. The number of carbonyl (C=O) groups is 1. The van der Waals surface area contributed by atoms with Crippen molar-refractivity contribution in [2.45, 2.75) is 51.9 Å².